The highest BCUT2D eigenvalue weighted by atomic mass is 16.4. The second-order valence-corrected chi connectivity index (χ2v) is 11.9. The van der Waals surface area contributed by atoms with Crippen molar-refractivity contribution in [1.82, 2.24) is 10.2 Å². The average molecular weight is 587 g/mol. The summed E-state index contributed by atoms with van der Waals surface area (Å²) in [4.78, 5) is 53.7. The molecular formula is C29H38N4O9. The van der Waals surface area contributed by atoms with Crippen molar-refractivity contribution in [2.75, 3.05) is 26.5 Å². The zero-order valence-corrected chi connectivity index (χ0v) is 24.3. The number of nitrogens with zero attached hydrogens (tertiary/aromatic N) is 1. The van der Waals surface area contributed by atoms with Crippen LogP contribution in [0.5, 0.6) is 5.75 Å². The Kier molecular flexibility index (Phi) is 8.02. The van der Waals surface area contributed by atoms with Crippen LogP contribution in [-0.4, -0.2) is 98.7 Å². The van der Waals surface area contributed by atoms with Crippen molar-refractivity contribution in [2.24, 2.45) is 23.5 Å². The van der Waals surface area contributed by atoms with Crippen molar-refractivity contribution in [1.29, 1.82) is 0 Å². The van der Waals surface area contributed by atoms with Gasteiger partial charge >= 0.3 is 0 Å². The molecule has 1 fully saturated rings. The van der Waals surface area contributed by atoms with Crippen LogP contribution in [0.4, 0.5) is 5.69 Å². The highest BCUT2D eigenvalue weighted by molar-refractivity contribution is 6.24. The number of hydrogen-bond acceptors (Lipinski definition) is 11. The van der Waals surface area contributed by atoms with E-state index in [1.807, 2.05) is 13.8 Å². The van der Waals surface area contributed by atoms with Crippen LogP contribution in [0.1, 0.15) is 44.2 Å². The summed E-state index contributed by atoms with van der Waals surface area (Å²) in [6.45, 7) is 5.53. The maximum Gasteiger partial charge on any atom is 0.255 e. The van der Waals surface area contributed by atoms with Crippen LogP contribution < -0.4 is 16.4 Å². The van der Waals surface area contributed by atoms with Gasteiger partial charge in [0.2, 0.25) is 11.7 Å². The van der Waals surface area contributed by atoms with Crippen LogP contribution in [0, 0.1) is 17.8 Å². The van der Waals surface area contributed by atoms with Crippen LogP contribution in [0.25, 0.3) is 5.76 Å². The number of rotatable bonds is 7. The first kappa shape index (κ1) is 31.2. The number of carbonyl (C=O) groups excluding carboxylic acids is 4. The normalized spacial score (nSPS) is 29.8. The van der Waals surface area contributed by atoms with E-state index < -0.39 is 93.3 Å². The number of aromatic hydroxyl groups is 1. The summed E-state index contributed by atoms with van der Waals surface area (Å²) in [6, 6.07) is 0.970. The van der Waals surface area contributed by atoms with E-state index in [2.05, 4.69) is 10.6 Å². The Labute approximate surface area is 242 Å². The van der Waals surface area contributed by atoms with Gasteiger partial charge in [0, 0.05) is 11.5 Å². The van der Waals surface area contributed by atoms with Gasteiger partial charge in [-0.05, 0) is 51.0 Å². The summed E-state index contributed by atoms with van der Waals surface area (Å²) >= 11 is 0. The zero-order chi connectivity index (χ0) is 31.6. The summed E-state index contributed by atoms with van der Waals surface area (Å²) in [5.41, 5.74) is 0.940. The number of anilines is 1. The summed E-state index contributed by atoms with van der Waals surface area (Å²) in [5, 5.41) is 62.6. The predicted octanol–water partition coefficient (Wildman–Crippen LogP) is 0.0684. The lowest BCUT2D eigenvalue weighted by atomic mass is 9.54. The Morgan fingerprint density at radius 3 is 2.29 bits per heavy atom. The molecule has 1 aromatic carbocycles. The average Bonchev–Trinajstić information content (AvgIpc) is 2.90. The summed E-state index contributed by atoms with van der Waals surface area (Å²) in [6.07, 6.45) is -1.18. The van der Waals surface area contributed by atoms with E-state index in [0.29, 0.717) is 12.0 Å². The van der Waals surface area contributed by atoms with Gasteiger partial charge in [0.05, 0.1) is 35.4 Å². The minimum absolute atomic E-state index is 0.0457. The largest absolute Gasteiger partial charge is 0.508 e. The first-order chi connectivity index (χ1) is 19.5. The van der Waals surface area contributed by atoms with E-state index in [0.717, 1.165) is 0 Å². The molecule has 0 spiro atoms. The number of aliphatic hydroxyl groups is 4. The van der Waals surface area contributed by atoms with Crippen molar-refractivity contribution < 1.29 is 44.7 Å². The number of aliphatic hydroxyl groups excluding tert-OH is 3. The number of phenolic OH excluding ortho intramolecular Hbond substituents is 1. The molecule has 228 valence electrons. The van der Waals surface area contributed by atoms with Crippen LogP contribution in [-0.2, 0) is 19.2 Å². The van der Waals surface area contributed by atoms with Crippen LogP contribution in [0.2, 0.25) is 0 Å². The maximum absolute atomic E-state index is 14.1. The van der Waals surface area contributed by atoms with Gasteiger partial charge in [-0.3, -0.25) is 24.1 Å². The lowest BCUT2D eigenvalue weighted by molar-refractivity contribution is -0.169. The maximum atomic E-state index is 14.1. The Bertz CT molecular complexity index is 1430. The molecule has 3 aliphatic rings. The number of benzene rings is 1. The van der Waals surface area contributed by atoms with E-state index >= 15 is 0 Å². The predicted molar refractivity (Wildman–Crippen MR) is 151 cm³/mol. The fraction of sp³-hybridized carbons (Fsp3) is 0.517. The third kappa shape index (κ3) is 4.39. The number of ketones is 2. The molecule has 2 amide bonds. The minimum Gasteiger partial charge on any atom is -0.508 e. The van der Waals surface area contributed by atoms with Gasteiger partial charge in [-0.2, -0.15) is 0 Å². The van der Waals surface area contributed by atoms with E-state index in [1.165, 1.54) is 31.1 Å². The van der Waals surface area contributed by atoms with Crippen molar-refractivity contribution in [2.45, 2.75) is 56.9 Å². The SMILES string of the molecule is CN[C@@H](CC(C)C)C(=O)Nc1ccc2c(c1O)C(O)=C1C(=O)[C@]3(O)C(O)=C(C(N)=O)C(=O)[C@@H](N(C)C)C3[C@@H](O)C1[C@H]2C. The molecule has 7 atom stereocenters. The zero-order valence-electron chi connectivity index (χ0n) is 24.3. The van der Waals surface area contributed by atoms with Gasteiger partial charge < -0.3 is 41.9 Å². The lowest BCUT2D eigenvalue weighted by Gasteiger charge is -2.53. The van der Waals surface area contributed by atoms with E-state index in [1.54, 1.807) is 14.0 Å². The number of carbonyl (C=O) groups is 4. The molecule has 1 saturated carbocycles. The molecular weight excluding hydrogens is 548 g/mol. The lowest BCUT2D eigenvalue weighted by Crippen LogP contribution is -2.70. The van der Waals surface area contributed by atoms with E-state index in [9.17, 15) is 44.7 Å². The number of Topliss-reactive ketones (excluding diaryl/α,β-unsaturated/α-hetero) is 2. The second-order valence-electron chi connectivity index (χ2n) is 11.9. The molecule has 0 aliphatic heterocycles. The van der Waals surface area contributed by atoms with Crippen LogP contribution in [0.3, 0.4) is 0 Å². The minimum atomic E-state index is -3.00. The molecule has 13 nitrogen and oxygen atoms in total. The summed E-state index contributed by atoms with van der Waals surface area (Å²) in [5.74, 6) is -10.0. The topological polar surface area (TPSA) is 223 Å². The molecule has 0 radical (unpaired) electrons. The molecule has 3 aliphatic carbocycles. The van der Waals surface area contributed by atoms with Crippen molar-refractivity contribution >= 4 is 34.8 Å². The molecule has 2 unspecified atom stereocenters. The summed E-state index contributed by atoms with van der Waals surface area (Å²) in [7, 11) is 4.51. The number of primary amides is 1. The third-order valence-corrected chi connectivity index (χ3v) is 8.76. The Balaban J connectivity index is 1.90. The molecule has 4 rings (SSSR count). The third-order valence-electron chi connectivity index (χ3n) is 8.76. The van der Waals surface area contributed by atoms with E-state index in [4.69, 9.17) is 5.73 Å². The molecule has 0 bridgehead atoms. The van der Waals surface area contributed by atoms with Crippen molar-refractivity contribution in [3.05, 3.63) is 40.2 Å². The van der Waals surface area contributed by atoms with Crippen molar-refractivity contribution in [3.63, 3.8) is 0 Å². The van der Waals surface area contributed by atoms with Crippen molar-refractivity contribution in [3.8, 4) is 5.75 Å². The van der Waals surface area contributed by atoms with Gasteiger partial charge in [0.1, 0.15) is 22.8 Å². The number of nitrogens with two attached hydrogens (primary N) is 1. The Morgan fingerprint density at radius 2 is 1.76 bits per heavy atom. The molecule has 0 saturated heterocycles. The van der Waals surface area contributed by atoms with Gasteiger partial charge in [-0.25, -0.2) is 0 Å². The number of phenols is 1. The number of fused-ring (bicyclic) bond motifs is 3. The first-order valence-corrected chi connectivity index (χ1v) is 13.7. The molecule has 0 heterocycles. The molecule has 9 N–H and O–H groups in total. The molecule has 13 heteroatoms. The monoisotopic (exact) mass is 586 g/mol. The standard InChI is InChI=1S/C29H38N4O9/c1-10(2)9-14(31-4)28(41)32-13-8-7-12-11(3)15-17(22(35)16(12)21(13)34)25(38)29(42)19(23(15)36)20(33(5)6)24(37)18(26(29)39)27(30)40/h7-8,10-11,14-15,19-20,23,31,34-36,39,42H,9H2,1-6H3,(H2,30,40)(H,32,41)/t11-,14-,15?,19?,20-,23-,29-/m0/s1. The second kappa shape index (κ2) is 10.8. The highest BCUT2D eigenvalue weighted by Crippen LogP contribution is 2.56. The number of hydrogen-bond donors (Lipinski definition) is 8. The summed E-state index contributed by atoms with van der Waals surface area (Å²) < 4.78 is 0. The van der Waals surface area contributed by atoms with Gasteiger partial charge in [0.25, 0.3) is 5.91 Å². The molecule has 1 aromatic rings. The molecule has 42 heavy (non-hydrogen) atoms. The number of amides is 2. The quantitative estimate of drug-likeness (QED) is 0.158. The fourth-order valence-electron chi connectivity index (χ4n) is 6.76. The highest BCUT2D eigenvalue weighted by Gasteiger charge is 2.68. The number of nitrogens with one attached hydrogen (secondary N) is 2. The van der Waals surface area contributed by atoms with Crippen LogP contribution in [0.15, 0.2) is 29.0 Å². The van der Waals surface area contributed by atoms with Gasteiger partial charge in [-0.15, -0.1) is 0 Å². The fourth-order valence-corrected chi connectivity index (χ4v) is 6.76. The van der Waals surface area contributed by atoms with Gasteiger partial charge in [0.15, 0.2) is 11.4 Å². The Morgan fingerprint density at radius 1 is 1.14 bits per heavy atom. The molecule has 0 aromatic heterocycles. The van der Waals surface area contributed by atoms with E-state index in [-0.39, 0.29) is 17.2 Å². The smallest absolute Gasteiger partial charge is 0.255 e. The Hall–Kier alpha value is -3.78. The van der Waals surface area contributed by atoms with Gasteiger partial charge in [-0.1, -0.05) is 26.8 Å². The van der Waals surface area contributed by atoms with Crippen LogP contribution >= 0.6 is 0 Å². The first-order valence-electron chi connectivity index (χ1n) is 13.7. The number of likely N-dealkylation sites (N-methyl/N-ethyl adjacent to an activating group) is 2.